The van der Waals surface area contributed by atoms with Crippen LogP contribution in [0.5, 0.6) is 0 Å². The number of carbonyl (C=O) groups is 2. The van der Waals surface area contributed by atoms with Crippen LogP contribution in [0.2, 0.25) is 15.1 Å². The number of benzene rings is 2. The first-order chi connectivity index (χ1) is 14.2. The number of carbonyl (C=O) groups excluding carboxylic acids is 2. The molecule has 1 unspecified atom stereocenters. The third-order valence-electron chi connectivity index (χ3n) is 4.35. The van der Waals surface area contributed by atoms with Gasteiger partial charge < -0.3 is 10.2 Å². The van der Waals surface area contributed by atoms with Gasteiger partial charge in [0.25, 0.3) is 0 Å². The Hall–Kier alpha value is -1.40. The Morgan fingerprint density at radius 1 is 1.03 bits per heavy atom. The minimum Gasteiger partial charge on any atom is -0.352 e. The molecule has 0 aliphatic carbocycles. The van der Waals surface area contributed by atoms with E-state index in [0.717, 1.165) is 10.5 Å². The highest BCUT2D eigenvalue weighted by Crippen LogP contribution is 2.25. The summed E-state index contributed by atoms with van der Waals surface area (Å²) >= 11 is 19.7. The van der Waals surface area contributed by atoms with Gasteiger partial charge >= 0.3 is 0 Å². The lowest BCUT2D eigenvalue weighted by molar-refractivity contribution is -0.139. The van der Waals surface area contributed by atoms with Crippen molar-refractivity contribution in [1.29, 1.82) is 0 Å². The maximum atomic E-state index is 13.2. The molecule has 2 amide bonds. The average molecular weight is 488 g/mol. The van der Waals surface area contributed by atoms with Crippen LogP contribution in [0.3, 0.4) is 0 Å². The van der Waals surface area contributed by atoms with Crippen molar-refractivity contribution < 1.29 is 9.59 Å². The van der Waals surface area contributed by atoms with Crippen molar-refractivity contribution in [3.63, 3.8) is 0 Å². The normalized spacial score (nSPS) is 12.0. The zero-order chi connectivity index (χ0) is 22.3. The van der Waals surface area contributed by atoms with E-state index in [1.165, 1.54) is 11.8 Å². The van der Waals surface area contributed by atoms with Gasteiger partial charge in [-0.15, -0.1) is 11.8 Å². The molecule has 1 atom stereocenters. The zero-order valence-corrected chi connectivity index (χ0v) is 20.2. The molecule has 0 aliphatic rings. The molecule has 30 heavy (non-hydrogen) atoms. The van der Waals surface area contributed by atoms with E-state index in [1.807, 2.05) is 32.9 Å². The van der Waals surface area contributed by atoms with Crippen LogP contribution in [0, 0.1) is 0 Å². The Bertz CT molecular complexity index is 875. The molecule has 2 aromatic carbocycles. The fourth-order valence-corrected chi connectivity index (χ4v) is 4.27. The molecule has 0 aliphatic heterocycles. The molecule has 0 heterocycles. The second-order valence-corrected chi connectivity index (χ2v) is 9.42. The van der Waals surface area contributed by atoms with E-state index >= 15 is 0 Å². The second-order valence-electron chi connectivity index (χ2n) is 7.09. The van der Waals surface area contributed by atoms with Crippen LogP contribution in [0.1, 0.15) is 32.8 Å². The van der Waals surface area contributed by atoms with E-state index in [1.54, 1.807) is 35.2 Å². The van der Waals surface area contributed by atoms with Gasteiger partial charge in [-0.05, 0) is 62.2 Å². The number of nitrogens with zero attached hydrogens (tertiary/aromatic N) is 1. The van der Waals surface area contributed by atoms with Gasteiger partial charge in [0, 0.05) is 32.5 Å². The Morgan fingerprint density at radius 2 is 1.67 bits per heavy atom. The van der Waals surface area contributed by atoms with Gasteiger partial charge in [-0.1, -0.05) is 47.8 Å². The fourth-order valence-electron chi connectivity index (χ4n) is 2.89. The van der Waals surface area contributed by atoms with Crippen LogP contribution in [0.4, 0.5) is 0 Å². The van der Waals surface area contributed by atoms with E-state index in [-0.39, 0.29) is 30.2 Å². The minimum absolute atomic E-state index is 0.0222. The molecule has 2 rings (SSSR count). The smallest absolute Gasteiger partial charge is 0.243 e. The van der Waals surface area contributed by atoms with Gasteiger partial charge in [-0.2, -0.15) is 0 Å². The number of nitrogens with one attached hydrogen (secondary N) is 1. The number of halogens is 3. The fraction of sp³-hybridized carbons (Fsp3) is 0.364. The van der Waals surface area contributed by atoms with Crippen LogP contribution >= 0.6 is 46.6 Å². The number of thioether (sulfide) groups is 1. The van der Waals surface area contributed by atoms with Crippen molar-refractivity contribution >= 4 is 58.4 Å². The molecule has 0 radical (unpaired) electrons. The summed E-state index contributed by atoms with van der Waals surface area (Å²) < 4.78 is 0. The zero-order valence-electron chi connectivity index (χ0n) is 17.1. The summed E-state index contributed by atoms with van der Waals surface area (Å²) in [5, 5.41) is 4.53. The van der Waals surface area contributed by atoms with Crippen molar-refractivity contribution in [3.8, 4) is 0 Å². The lowest BCUT2D eigenvalue weighted by Crippen LogP contribution is -2.51. The van der Waals surface area contributed by atoms with E-state index in [2.05, 4.69) is 5.32 Å². The summed E-state index contributed by atoms with van der Waals surface area (Å²) in [6.07, 6.45) is 0.487. The van der Waals surface area contributed by atoms with Gasteiger partial charge in [-0.25, -0.2) is 0 Å². The Kier molecular flexibility index (Phi) is 9.82. The first-order valence-corrected chi connectivity index (χ1v) is 11.7. The van der Waals surface area contributed by atoms with E-state index < -0.39 is 6.04 Å². The predicted molar refractivity (Wildman–Crippen MR) is 127 cm³/mol. The molecule has 162 valence electrons. The van der Waals surface area contributed by atoms with Crippen molar-refractivity contribution in [1.82, 2.24) is 10.2 Å². The standard InChI is InChI=1S/C22H25Cl3N2O2S/c1-4-20(22(29)26-14(2)3)27(12-15-5-6-17(24)11-19(15)25)21(28)13-30-18-9-7-16(23)8-10-18/h5-11,14,20H,4,12-13H2,1-3H3,(H,26,29). The quantitative estimate of drug-likeness (QED) is 0.437. The van der Waals surface area contributed by atoms with Crippen molar-refractivity contribution in [3.05, 3.63) is 63.1 Å². The molecule has 0 spiro atoms. The SMILES string of the molecule is CCC(C(=O)NC(C)C)N(Cc1ccc(Cl)cc1Cl)C(=O)CSc1ccc(Cl)cc1. The van der Waals surface area contributed by atoms with Crippen LogP contribution in [0.25, 0.3) is 0 Å². The van der Waals surface area contributed by atoms with Crippen molar-refractivity contribution in [2.75, 3.05) is 5.75 Å². The molecule has 0 fully saturated rings. The molecular weight excluding hydrogens is 463 g/mol. The van der Waals surface area contributed by atoms with Crippen LogP contribution < -0.4 is 5.32 Å². The summed E-state index contributed by atoms with van der Waals surface area (Å²) in [6, 6.07) is 11.8. The monoisotopic (exact) mass is 486 g/mol. The highest BCUT2D eigenvalue weighted by molar-refractivity contribution is 8.00. The summed E-state index contributed by atoms with van der Waals surface area (Å²) in [4.78, 5) is 28.5. The molecule has 2 aromatic rings. The van der Waals surface area contributed by atoms with Crippen molar-refractivity contribution in [2.24, 2.45) is 0 Å². The van der Waals surface area contributed by atoms with E-state index in [0.29, 0.717) is 21.5 Å². The van der Waals surface area contributed by atoms with Crippen LogP contribution in [0.15, 0.2) is 47.4 Å². The third-order valence-corrected chi connectivity index (χ3v) is 6.18. The molecular formula is C22H25Cl3N2O2S. The van der Waals surface area contributed by atoms with Crippen LogP contribution in [-0.4, -0.2) is 34.6 Å². The first-order valence-electron chi connectivity index (χ1n) is 9.63. The van der Waals surface area contributed by atoms with Gasteiger partial charge in [0.1, 0.15) is 6.04 Å². The number of hydrogen-bond acceptors (Lipinski definition) is 3. The molecule has 0 saturated carbocycles. The summed E-state index contributed by atoms with van der Waals surface area (Å²) in [7, 11) is 0. The Labute approximate surface area is 197 Å². The largest absolute Gasteiger partial charge is 0.352 e. The number of amides is 2. The summed E-state index contributed by atoms with van der Waals surface area (Å²) in [5.41, 5.74) is 0.738. The van der Waals surface area contributed by atoms with Crippen molar-refractivity contribution in [2.45, 2.75) is 50.7 Å². The molecule has 0 saturated heterocycles. The highest BCUT2D eigenvalue weighted by atomic mass is 35.5. The lowest BCUT2D eigenvalue weighted by Gasteiger charge is -2.31. The van der Waals surface area contributed by atoms with Gasteiger partial charge in [-0.3, -0.25) is 9.59 Å². The predicted octanol–water partition coefficient (Wildman–Crippen LogP) is 6.07. The molecule has 8 heteroatoms. The number of hydrogen-bond donors (Lipinski definition) is 1. The molecule has 4 nitrogen and oxygen atoms in total. The Morgan fingerprint density at radius 3 is 2.23 bits per heavy atom. The van der Waals surface area contributed by atoms with E-state index in [9.17, 15) is 9.59 Å². The van der Waals surface area contributed by atoms with Crippen LogP contribution in [-0.2, 0) is 16.1 Å². The maximum Gasteiger partial charge on any atom is 0.243 e. The third kappa shape index (κ3) is 7.38. The molecule has 0 bridgehead atoms. The number of rotatable bonds is 9. The lowest BCUT2D eigenvalue weighted by atomic mass is 10.1. The molecule has 1 N–H and O–H groups in total. The minimum atomic E-state index is -0.600. The van der Waals surface area contributed by atoms with E-state index in [4.69, 9.17) is 34.8 Å². The highest BCUT2D eigenvalue weighted by Gasteiger charge is 2.29. The first kappa shape index (κ1) is 24.9. The second kappa shape index (κ2) is 11.8. The van der Waals surface area contributed by atoms with Gasteiger partial charge in [0.2, 0.25) is 11.8 Å². The summed E-state index contributed by atoms with van der Waals surface area (Å²) in [6.45, 7) is 5.90. The Balaban J connectivity index is 2.24. The average Bonchev–Trinajstić information content (AvgIpc) is 2.68. The van der Waals surface area contributed by atoms with Gasteiger partial charge in [0.15, 0.2) is 0 Å². The van der Waals surface area contributed by atoms with Gasteiger partial charge in [0.05, 0.1) is 5.75 Å². The topological polar surface area (TPSA) is 49.4 Å². The maximum absolute atomic E-state index is 13.2. The molecule has 0 aromatic heterocycles. The summed E-state index contributed by atoms with van der Waals surface area (Å²) in [5.74, 6) is -0.132.